The Kier molecular flexibility index (Phi) is 7.73. The topological polar surface area (TPSA) is 35.5 Å². The van der Waals surface area contributed by atoms with Gasteiger partial charge in [0, 0.05) is 30.2 Å². The minimum atomic E-state index is -2.07. The first-order chi connectivity index (χ1) is 15.6. The molecule has 0 spiro atoms. The molecule has 1 saturated carbocycles. The summed E-state index contributed by atoms with van der Waals surface area (Å²) < 4.78 is 13.8. The quantitative estimate of drug-likeness (QED) is 0.272. The summed E-state index contributed by atoms with van der Waals surface area (Å²) >= 11 is 0. The molecule has 192 valence electrons. The smallest absolute Gasteiger partial charge is 0.250 e. The van der Waals surface area contributed by atoms with E-state index < -0.39 is 8.32 Å². The van der Waals surface area contributed by atoms with Crippen LogP contribution in [-0.4, -0.2) is 19.7 Å². The minimum absolute atomic E-state index is 0.0427. The van der Waals surface area contributed by atoms with E-state index in [1.54, 1.807) is 0 Å². The molecule has 1 aromatic rings. The summed E-state index contributed by atoms with van der Waals surface area (Å²) in [6.07, 6.45) is 8.42. The van der Waals surface area contributed by atoms with Crippen LogP contribution in [0.25, 0.3) is 0 Å². The van der Waals surface area contributed by atoms with Crippen LogP contribution >= 0.6 is 0 Å². The summed E-state index contributed by atoms with van der Waals surface area (Å²) in [5, 5.41) is 0.0993. The van der Waals surface area contributed by atoms with Gasteiger partial charge in [0.05, 0.1) is 0 Å². The van der Waals surface area contributed by atoms with Crippen LogP contribution in [0.5, 0.6) is 11.5 Å². The molecule has 1 aromatic carbocycles. The van der Waals surface area contributed by atoms with Gasteiger partial charge in [-0.05, 0) is 67.9 Å². The van der Waals surface area contributed by atoms with E-state index in [0.717, 1.165) is 29.9 Å². The van der Waals surface area contributed by atoms with Crippen LogP contribution in [0.2, 0.25) is 18.1 Å². The van der Waals surface area contributed by atoms with Gasteiger partial charge in [0.25, 0.3) is 0 Å². The van der Waals surface area contributed by atoms with Crippen molar-refractivity contribution in [2.45, 2.75) is 142 Å². The highest BCUT2D eigenvalue weighted by Crippen LogP contribution is 2.55. The molecule has 2 unspecified atom stereocenters. The lowest BCUT2D eigenvalue weighted by molar-refractivity contribution is -0.124. The van der Waals surface area contributed by atoms with E-state index in [-0.39, 0.29) is 22.0 Å². The summed E-state index contributed by atoms with van der Waals surface area (Å²) in [5.41, 5.74) is 2.22. The van der Waals surface area contributed by atoms with Crippen LogP contribution in [0, 0.1) is 5.92 Å². The number of benzene rings is 1. The monoisotopic (exact) mass is 486 g/mol. The number of rotatable bonds is 8. The average molecular weight is 487 g/mol. The predicted molar refractivity (Wildman–Crippen MR) is 146 cm³/mol. The van der Waals surface area contributed by atoms with Crippen molar-refractivity contribution in [2.24, 2.45) is 5.92 Å². The van der Waals surface area contributed by atoms with Crippen LogP contribution in [0.3, 0.4) is 0 Å². The molecular weight excluding hydrogens is 436 g/mol. The number of carbonyl (C=O) groups excluding carboxylic acids is 1. The number of ether oxygens (including phenoxy) is 1. The summed E-state index contributed by atoms with van der Waals surface area (Å²) in [7, 11) is -2.07. The molecule has 2 atom stereocenters. The summed E-state index contributed by atoms with van der Waals surface area (Å²) in [6, 6.07) is 4.60. The number of unbranched alkanes of at least 4 members (excludes halogenated alkanes) is 3. The zero-order valence-electron chi connectivity index (χ0n) is 23.7. The maximum absolute atomic E-state index is 12.6. The SMILES string of the molecule is CCCCCCC(C)(C)c1cc2c(c(O[Si](C)(C)C(C)(C)C)c1)C1CC(=O)CCC1C(C)(C)O2. The van der Waals surface area contributed by atoms with E-state index in [4.69, 9.17) is 9.16 Å². The van der Waals surface area contributed by atoms with Gasteiger partial charge in [-0.2, -0.15) is 0 Å². The molecule has 0 aromatic heterocycles. The van der Waals surface area contributed by atoms with Crippen molar-refractivity contribution in [1.29, 1.82) is 0 Å². The highest BCUT2D eigenvalue weighted by Gasteiger charge is 2.49. The van der Waals surface area contributed by atoms with Gasteiger partial charge < -0.3 is 9.16 Å². The lowest BCUT2D eigenvalue weighted by Crippen LogP contribution is -2.48. The molecule has 34 heavy (non-hydrogen) atoms. The van der Waals surface area contributed by atoms with Gasteiger partial charge in [-0.25, -0.2) is 0 Å². The summed E-state index contributed by atoms with van der Waals surface area (Å²) in [4.78, 5) is 12.6. The molecule has 0 saturated heterocycles. The molecule has 0 bridgehead atoms. The number of ketones is 1. The molecule has 1 aliphatic heterocycles. The Morgan fingerprint density at radius 3 is 2.38 bits per heavy atom. The Balaban J connectivity index is 2.12. The molecule has 2 aliphatic rings. The van der Waals surface area contributed by atoms with E-state index >= 15 is 0 Å². The van der Waals surface area contributed by atoms with E-state index in [0.29, 0.717) is 24.5 Å². The zero-order chi connectivity index (χ0) is 25.5. The normalized spacial score (nSPS) is 22.6. The molecule has 3 nitrogen and oxygen atoms in total. The Labute approximate surface area is 210 Å². The first kappa shape index (κ1) is 27.3. The molecule has 0 N–H and O–H groups in total. The Morgan fingerprint density at radius 2 is 1.76 bits per heavy atom. The van der Waals surface area contributed by atoms with E-state index in [1.807, 2.05) is 0 Å². The molecule has 3 rings (SSSR count). The third-order valence-electron chi connectivity index (χ3n) is 9.02. The van der Waals surface area contributed by atoms with Crippen LogP contribution in [0.1, 0.15) is 124 Å². The lowest BCUT2D eigenvalue weighted by Gasteiger charge is -2.48. The van der Waals surface area contributed by atoms with E-state index in [1.165, 1.54) is 31.2 Å². The maximum atomic E-state index is 12.6. The number of carbonyl (C=O) groups is 1. The third-order valence-corrected chi connectivity index (χ3v) is 13.4. The number of hydrogen-bond acceptors (Lipinski definition) is 3. The Morgan fingerprint density at radius 1 is 1.09 bits per heavy atom. The van der Waals surface area contributed by atoms with Gasteiger partial charge >= 0.3 is 0 Å². The Bertz CT molecular complexity index is 891. The minimum Gasteiger partial charge on any atom is -0.543 e. The van der Waals surface area contributed by atoms with Crippen molar-refractivity contribution < 1.29 is 14.0 Å². The van der Waals surface area contributed by atoms with Crippen LogP contribution in [-0.2, 0) is 10.2 Å². The molecule has 0 amide bonds. The molecule has 4 heteroatoms. The first-order valence-corrected chi connectivity index (χ1v) is 16.6. The molecular formula is C30H50O3Si. The first-order valence-electron chi connectivity index (χ1n) is 13.7. The van der Waals surface area contributed by atoms with Gasteiger partial charge in [0.1, 0.15) is 22.9 Å². The Hall–Kier alpha value is -1.29. The summed E-state index contributed by atoms with van der Waals surface area (Å²) in [5.74, 6) is 2.84. The summed E-state index contributed by atoms with van der Waals surface area (Å²) in [6.45, 7) is 22.9. The highest BCUT2D eigenvalue weighted by atomic mass is 28.4. The second-order valence-electron chi connectivity index (χ2n) is 13.6. The predicted octanol–water partition coefficient (Wildman–Crippen LogP) is 8.94. The van der Waals surface area contributed by atoms with Crippen molar-refractivity contribution in [3.8, 4) is 11.5 Å². The van der Waals surface area contributed by atoms with Crippen molar-refractivity contribution >= 4 is 14.1 Å². The van der Waals surface area contributed by atoms with Crippen LogP contribution < -0.4 is 9.16 Å². The molecule has 0 radical (unpaired) electrons. The fourth-order valence-electron chi connectivity index (χ4n) is 5.59. The van der Waals surface area contributed by atoms with Crippen LogP contribution in [0.4, 0.5) is 0 Å². The fraction of sp³-hybridized carbons (Fsp3) is 0.767. The highest BCUT2D eigenvalue weighted by molar-refractivity contribution is 6.74. The van der Waals surface area contributed by atoms with Gasteiger partial charge in [-0.3, -0.25) is 4.79 Å². The van der Waals surface area contributed by atoms with E-state index in [2.05, 4.69) is 80.6 Å². The zero-order valence-corrected chi connectivity index (χ0v) is 24.7. The van der Waals surface area contributed by atoms with Crippen molar-refractivity contribution in [2.75, 3.05) is 0 Å². The largest absolute Gasteiger partial charge is 0.543 e. The second kappa shape index (κ2) is 9.63. The van der Waals surface area contributed by atoms with Gasteiger partial charge in [0.15, 0.2) is 0 Å². The standard InChI is InChI=1S/C30H50O3Si/c1-11-12-13-14-17-29(5,6)21-18-25-27(26(19-21)33-34(9,10)28(2,3)4)23-20-22(31)15-16-24(23)30(7,8)32-25/h18-19,23-24H,11-17,20H2,1-10H3. The third kappa shape index (κ3) is 5.58. The molecule has 1 fully saturated rings. The van der Waals surface area contributed by atoms with Crippen LogP contribution in [0.15, 0.2) is 12.1 Å². The fourth-order valence-corrected chi connectivity index (χ4v) is 6.62. The van der Waals surface area contributed by atoms with Gasteiger partial charge in [-0.15, -0.1) is 0 Å². The van der Waals surface area contributed by atoms with Gasteiger partial charge in [-0.1, -0.05) is 67.2 Å². The lowest BCUT2D eigenvalue weighted by atomic mass is 9.66. The number of hydrogen-bond donors (Lipinski definition) is 0. The van der Waals surface area contributed by atoms with Crippen molar-refractivity contribution in [1.82, 2.24) is 0 Å². The van der Waals surface area contributed by atoms with Crippen molar-refractivity contribution in [3.63, 3.8) is 0 Å². The second-order valence-corrected chi connectivity index (χ2v) is 18.4. The van der Waals surface area contributed by atoms with Crippen molar-refractivity contribution in [3.05, 3.63) is 23.3 Å². The average Bonchev–Trinajstić information content (AvgIpc) is 2.69. The van der Waals surface area contributed by atoms with Gasteiger partial charge in [0.2, 0.25) is 8.32 Å². The molecule has 1 aliphatic carbocycles. The molecule has 1 heterocycles. The van der Waals surface area contributed by atoms with E-state index in [9.17, 15) is 4.79 Å². The number of fused-ring (bicyclic) bond motifs is 3. The maximum Gasteiger partial charge on any atom is 0.250 e. The number of Topliss-reactive ketones (excluding diaryl/α,β-unsaturated/α-hetero) is 1.